The highest BCUT2D eigenvalue weighted by atomic mass is 33.1. The lowest BCUT2D eigenvalue weighted by Gasteiger charge is -2.35. The molecule has 0 spiro atoms. The number of amides is 14. The molecule has 8 rings (SSSR count). The van der Waals surface area contributed by atoms with Crippen molar-refractivity contribution >= 4 is 192 Å². The van der Waals surface area contributed by atoms with Gasteiger partial charge in [-0.05, 0) is 73.6 Å². The number of rotatable bonds is 42. The van der Waals surface area contributed by atoms with Gasteiger partial charge < -0.3 is 157 Å². The van der Waals surface area contributed by atoms with Gasteiger partial charge in [-0.25, -0.2) is 24.4 Å². The quantitative estimate of drug-likeness (QED) is 0.00567. The van der Waals surface area contributed by atoms with E-state index < -0.39 is 329 Å². The first-order valence-electron chi connectivity index (χ1n) is 42.7. The zero-order chi connectivity index (χ0) is 103. The number of nitrogens with one attached hydrogen (secondary N) is 18. The molecular formula is C80H105N25O32S3. The highest BCUT2D eigenvalue weighted by Crippen LogP contribution is 2.34. The number of nitrogen functional groups attached to an aromatic ring is 1. The van der Waals surface area contributed by atoms with Crippen molar-refractivity contribution in [3.63, 3.8) is 0 Å². The number of phenols is 1. The molecule has 3 aliphatic heterocycles. The maximum atomic E-state index is 15.0. The fourth-order valence-corrected chi connectivity index (χ4v) is 17.2. The lowest BCUT2D eigenvalue weighted by atomic mass is 9.98. The molecule has 5 aromatic rings. The number of benzene rings is 2. The summed E-state index contributed by atoms with van der Waals surface area (Å²) in [4.78, 5) is 301. The molecule has 140 heavy (non-hydrogen) atoms. The van der Waals surface area contributed by atoms with E-state index in [1.165, 1.54) is 48.7 Å². The monoisotopic (exact) mass is 2020 g/mol. The van der Waals surface area contributed by atoms with Crippen LogP contribution >= 0.6 is 33.3 Å². The molecule has 1 saturated heterocycles. The molecule has 0 aliphatic carbocycles. The molecule has 6 heterocycles. The Labute approximate surface area is 802 Å². The van der Waals surface area contributed by atoms with Crippen molar-refractivity contribution in [3.05, 3.63) is 75.8 Å². The first-order chi connectivity index (χ1) is 66.2. The number of carboxylic acids is 5. The zero-order valence-electron chi connectivity index (χ0n) is 74.4. The van der Waals surface area contributed by atoms with Gasteiger partial charge in [-0.3, -0.25) is 102 Å². The lowest BCUT2D eigenvalue weighted by Crippen LogP contribution is -2.63. The summed E-state index contributed by atoms with van der Waals surface area (Å²) in [5.41, 5.74) is 16.9. The minimum absolute atomic E-state index is 0.00649. The van der Waals surface area contributed by atoms with Crippen LogP contribution in [0.15, 0.2) is 58.5 Å². The van der Waals surface area contributed by atoms with E-state index in [2.05, 4.69) is 88.7 Å². The number of aliphatic carboxylic acids is 5. The van der Waals surface area contributed by atoms with Crippen molar-refractivity contribution in [2.75, 3.05) is 67.7 Å². The number of aliphatic hydroxyl groups excluding tert-OH is 3. The Morgan fingerprint density at radius 2 is 1.28 bits per heavy atom. The van der Waals surface area contributed by atoms with Crippen LogP contribution in [-0.2, 0) is 109 Å². The predicted molar refractivity (Wildman–Crippen MR) is 486 cm³/mol. The van der Waals surface area contributed by atoms with Crippen LogP contribution in [0.4, 0.5) is 16.4 Å². The van der Waals surface area contributed by atoms with Gasteiger partial charge in [-0.15, -0.1) is 11.8 Å². The number of carbonyl (C=O) groups excluding carboxylic acids is 15. The standard InChI is InChI=1S/C80H105N25O32S3/c1-3-32(2)59-71(127)89-26-54(111)92-48-30-138-74-39(38-11-10-36(106)17-42(38)100-74)19-43(64(120)88-27-55(112)101-59)97-72(128)60(102-70(126)50-18-37(107)28-105(50)75(130)47(20-52(81)109)98-69(48)125)51(108)29-137-80(135)136-15-16-139-140-31-49(77(133)134)99-68(124)46(23-58(117)118)96-67(123)45(22-57(115)116)95-65(121)40(5-4-14-85-78(82)83)93-66(122)44(21-56(113)114)91-53(110)13-12-41(76(131)132)94-63(119)33-6-8-34(9-7-33)86-24-35-25-87-62-61(90-35)73(129)104-79(84)103-62/h6-11,17,25,32,37,40-41,43-51,59-60,75,86,100,106-108,130H,3-5,12-16,18-24,26-31H2,1-2H3,(H2,81,109)(H,88,120)(H,89,127)(H,91,110)(H,92,111)(H,93,122)(H,94,119)(H,95,121)(H,96,123)(H,97,128)(H,98,125)(H,99,124)(H,101,112)(H,102,126)(H,113,114)(H,115,116)(H,117,118)(H,131,132)(H,133,134)(H4,82,83,85)(H3,84,87,103,104,129)/t32?,37-,40+,41+,43+,44+,45+,46+,47+,48-,49+,50+,51+,59+,60?,75?/m1/s1. The van der Waals surface area contributed by atoms with Gasteiger partial charge >= 0.3 is 36.0 Å². The number of carboxylic acid groups (broad SMARTS) is 5. The summed E-state index contributed by atoms with van der Waals surface area (Å²) in [6, 6.07) is -13.4. The van der Waals surface area contributed by atoms with Gasteiger partial charge in [-0.2, -0.15) is 4.98 Å². The third kappa shape index (κ3) is 33.7. The molecule has 0 radical (unpaired) electrons. The molecule has 3 unspecified atom stereocenters. The maximum Gasteiger partial charge on any atom is 0.508 e. The summed E-state index contributed by atoms with van der Waals surface area (Å²) in [6.45, 7) is -0.939. The number of carbonyl (C=O) groups is 20. The number of thioether (sulfide) groups is 1. The largest absolute Gasteiger partial charge is 0.508 e. The minimum atomic E-state index is -2.35. The Morgan fingerprint density at radius 1 is 0.664 bits per heavy atom. The van der Waals surface area contributed by atoms with Crippen LogP contribution in [0.2, 0.25) is 0 Å². The molecule has 33 N–H and O–H groups in total. The molecule has 57 nitrogen and oxygen atoms in total. The summed E-state index contributed by atoms with van der Waals surface area (Å²) in [5, 5.41) is 138. The third-order valence-electron chi connectivity index (χ3n) is 21.4. The first-order valence-corrected chi connectivity index (χ1v) is 46.2. The Morgan fingerprint density at radius 3 is 1.90 bits per heavy atom. The highest BCUT2D eigenvalue weighted by molar-refractivity contribution is 8.76. The average Bonchev–Trinajstić information content (AvgIpc) is 1.63. The molecule has 14 amide bonds. The number of guanidine groups is 1. The number of aromatic amines is 2. The molecule has 3 aromatic heterocycles. The molecular weight excluding hydrogens is 1920 g/mol. The number of aromatic hydroxyl groups is 1. The Bertz CT molecular complexity index is 5550. The van der Waals surface area contributed by atoms with Crippen molar-refractivity contribution in [3.8, 4) is 5.75 Å². The van der Waals surface area contributed by atoms with Crippen molar-refractivity contribution in [2.24, 2.45) is 17.4 Å². The number of nitrogens with zero attached hydrogens (tertiary/aromatic N) is 4. The summed E-state index contributed by atoms with van der Waals surface area (Å²) >= 11 is 0.835. The number of aromatic nitrogens is 5. The smallest absolute Gasteiger partial charge is 0.508 e. The molecule has 60 heteroatoms. The Balaban J connectivity index is 0.894. The van der Waals surface area contributed by atoms with Crippen molar-refractivity contribution in [2.45, 2.75) is 187 Å². The zero-order valence-corrected chi connectivity index (χ0v) is 76.8. The second-order valence-electron chi connectivity index (χ2n) is 31.9. The molecule has 0 saturated carbocycles. The summed E-state index contributed by atoms with van der Waals surface area (Å²) < 4.78 is 10.3. The molecule has 2 aromatic carbocycles. The second-order valence-corrected chi connectivity index (χ2v) is 35.6. The van der Waals surface area contributed by atoms with E-state index in [9.17, 15) is 147 Å². The van der Waals surface area contributed by atoms with E-state index in [1.54, 1.807) is 13.8 Å². The Hall–Kier alpha value is -15.0. The average molecular weight is 2030 g/mol. The number of hydrogen-bond donors (Lipinski definition) is 30. The molecule has 1 fully saturated rings. The SMILES string of the molecule is CCC(C)[C@@H]1NC(=O)CNC(=O)[C@@H]2Cc3c([nH]c4cc(O)ccc34)SC[C@@H](NC(=O)CNC1=O)C(=O)N[C@@H](CC(N)=O)C(O)N1C[C@H](O)C[C@H]1C(=O)NC([C@@H](O)COC(=O)OCCSSC[C@H](NC(=O)[C@H](CC(=O)O)NC(=O)[C@H](CC(=O)O)NC(=O)[C@H](CCCNC(=N)N)NC(=O)[C@H](CC(=O)O)NC(=O)CC[C@H](NC(=O)c1ccc(NCc3cnc4nc(N)[nH]c(=O)c4n3)cc1)C(=O)O)C(=O)O)C(=O)N2. The second kappa shape index (κ2) is 52.5. The van der Waals surface area contributed by atoms with Crippen LogP contribution in [0.5, 0.6) is 5.75 Å². The molecule has 2 bridgehead atoms. The van der Waals surface area contributed by atoms with Crippen LogP contribution in [-0.4, -0.2) is 348 Å². The molecule has 16 atom stereocenters. The number of nitrogens with two attached hydrogens (primary N) is 3. The molecule has 760 valence electrons. The van der Waals surface area contributed by atoms with Crippen LogP contribution in [0.1, 0.15) is 99.7 Å². The van der Waals surface area contributed by atoms with Crippen molar-refractivity contribution < 1.29 is 151 Å². The van der Waals surface area contributed by atoms with Gasteiger partial charge in [0.25, 0.3) is 11.5 Å². The number of aliphatic hydroxyl groups is 3. The fraction of sp³-hybridized carbons (Fsp3) is 0.487. The van der Waals surface area contributed by atoms with E-state index in [-0.39, 0.29) is 81.6 Å². The summed E-state index contributed by atoms with van der Waals surface area (Å²) in [5.74, 6) is -28.5. The third-order valence-corrected chi connectivity index (χ3v) is 24.9. The van der Waals surface area contributed by atoms with Crippen molar-refractivity contribution in [1.82, 2.24) is 104 Å². The Kier molecular flexibility index (Phi) is 41.3. The number of phenolic OH excluding ortho intramolecular Hbond substituents is 1. The summed E-state index contributed by atoms with van der Waals surface area (Å²) in [6.07, 6.45) is -13.9. The van der Waals surface area contributed by atoms with Gasteiger partial charge in [0.1, 0.15) is 91.7 Å². The maximum absolute atomic E-state index is 15.0. The lowest BCUT2D eigenvalue weighted by molar-refractivity contribution is -0.144. The van der Waals surface area contributed by atoms with Crippen LogP contribution < -0.4 is 103 Å². The van der Waals surface area contributed by atoms with E-state index >= 15 is 0 Å². The van der Waals surface area contributed by atoms with Crippen molar-refractivity contribution in [1.29, 1.82) is 5.41 Å². The van der Waals surface area contributed by atoms with Gasteiger partial charge in [0.05, 0.1) is 85.9 Å². The van der Waals surface area contributed by atoms with Crippen LogP contribution in [0, 0.1) is 11.3 Å². The van der Waals surface area contributed by atoms with Crippen LogP contribution in [0.25, 0.3) is 22.1 Å². The van der Waals surface area contributed by atoms with E-state index in [4.69, 9.17) is 32.1 Å². The minimum Gasteiger partial charge on any atom is -0.508 e. The predicted octanol–water partition coefficient (Wildman–Crippen LogP) is -9.16. The van der Waals surface area contributed by atoms with Gasteiger partial charge in [-0.1, -0.05) is 41.9 Å². The van der Waals surface area contributed by atoms with E-state index in [0.717, 1.165) is 27.5 Å². The summed E-state index contributed by atoms with van der Waals surface area (Å²) in [7, 11) is 1.46. The van der Waals surface area contributed by atoms with Gasteiger partial charge in [0, 0.05) is 65.9 Å². The molecule has 3 aliphatic rings. The van der Waals surface area contributed by atoms with Crippen LogP contribution in [0.3, 0.4) is 0 Å². The number of fused-ring (bicyclic) bond motifs is 6. The number of primary amides is 1. The normalized spacial score (nSPS) is 20.1. The topological polar surface area (TPSA) is 915 Å². The number of hydrogen-bond acceptors (Lipinski definition) is 37. The van der Waals surface area contributed by atoms with Gasteiger partial charge in [0.15, 0.2) is 17.1 Å². The van der Waals surface area contributed by atoms with E-state index in [0.29, 0.717) is 22.2 Å². The number of ether oxygens (including phenoxy) is 2. The fourth-order valence-electron chi connectivity index (χ4n) is 14.1. The number of anilines is 2. The van der Waals surface area contributed by atoms with E-state index in [1.807, 2.05) is 16.0 Å². The van der Waals surface area contributed by atoms with Gasteiger partial charge in [0.2, 0.25) is 82.7 Å². The number of H-pyrrole nitrogens is 2. The highest BCUT2D eigenvalue weighted by Gasteiger charge is 2.46. The first kappa shape index (κ1) is 110.